The molecule has 4 heteroatoms. The van der Waals surface area contributed by atoms with Gasteiger partial charge in [0.15, 0.2) is 0 Å². The van der Waals surface area contributed by atoms with Gasteiger partial charge in [-0.15, -0.1) is 0 Å². The second-order valence-electron chi connectivity index (χ2n) is 5.91. The van der Waals surface area contributed by atoms with Crippen LogP contribution in [0, 0.1) is 11.3 Å². The smallest absolute Gasteiger partial charge is 0.0630 e. The summed E-state index contributed by atoms with van der Waals surface area (Å²) in [5, 5.41) is 0. The van der Waals surface area contributed by atoms with Gasteiger partial charge >= 0.3 is 0 Å². The number of fused-ring (bicyclic) bond motifs is 2. The van der Waals surface area contributed by atoms with Crippen molar-refractivity contribution in [1.82, 2.24) is 0 Å². The van der Waals surface area contributed by atoms with Crippen LogP contribution in [0.25, 0.3) is 0 Å². The van der Waals surface area contributed by atoms with Gasteiger partial charge < -0.3 is 14.2 Å². The number of hydrogen-bond acceptors (Lipinski definition) is 3. The fourth-order valence-corrected chi connectivity index (χ4v) is 3.58. The Morgan fingerprint density at radius 1 is 1.29 bits per heavy atom. The summed E-state index contributed by atoms with van der Waals surface area (Å²) in [5.74, 6) is 0.613. The maximum absolute atomic E-state index is 5.93. The number of hydrogen-bond donors (Lipinski definition) is 0. The van der Waals surface area contributed by atoms with Crippen molar-refractivity contribution in [3.8, 4) is 0 Å². The zero-order valence-electron chi connectivity index (χ0n) is 10.5. The van der Waals surface area contributed by atoms with E-state index in [0.717, 1.165) is 45.7 Å². The highest BCUT2D eigenvalue weighted by molar-refractivity contribution is 6.12. The van der Waals surface area contributed by atoms with Crippen LogP contribution >= 0.6 is 0 Å². The Labute approximate surface area is 107 Å². The minimum absolute atomic E-state index is 0.316. The molecule has 0 saturated carbocycles. The van der Waals surface area contributed by atoms with Crippen LogP contribution in [0.5, 0.6) is 0 Å². The molecule has 3 fully saturated rings. The highest BCUT2D eigenvalue weighted by Crippen LogP contribution is 2.44. The maximum atomic E-state index is 5.93. The molecule has 95 valence electrons. The maximum Gasteiger partial charge on any atom is 0.0630 e. The van der Waals surface area contributed by atoms with Crippen LogP contribution in [-0.2, 0) is 14.2 Å². The predicted octanol–water partition coefficient (Wildman–Crippen LogP) is 1.56. The lowest BCUT2D eigenvalue weighted by Gasteiger charge is -2.40. The molecule has 3 nitrogen and oxygen atoms in total. The monoisotopic (exact) mass is 253 g/mol. The average Bonchev–Trinajstić information content (AvgIpc) is 2.81. The van der Waals surface area contributed by atoms with Gasteiger partial charge in [-0.2, -0.15) is 0 Å². The Morgan fingerprint density at radius 3 is 2.59 bits per heavy atom. The molecular formula is C13H21O3Si. The van der Waals surface area contributed by atoms with E-state index in [1.807, 2.05) is 0 Å². The standard InChI is InChI=1S/C13H21O3Si/c1-2-13(7-15-8-13)6-14-5-9-3-11-12(17)4-10(9)16-11/h9-12H,2-8H2,1H3. The van der Waals surface area contributed by atoms with Crippen molar-refractivity contribution in [1.29, 1.82) is 0 Å². The van der Waals surface area contributed by atoms with Crippen molar-refractivity contribution < 1.29 is 14.2 Å². The molecule has 0 aliphatic carbocycles. The zero-order valence-corrected chi connectivity index (χ0v) is 11.5. The third-order valence-corrected chi connectivity index (χ3v) is 5.26. The molecule has 3 radical (unpaired) electrons. The van der Waals surface area contributed by atoms with Crippen molar-refractivity contribution in [2.45, 2.75) is 43.9 Å². The van der Waals surface area contributed by atoms with E-state index in [0.29, 0.717) is 29.1 Å². The van der Waals surface area contributed by atoms with E-state index in [9.17, 15) is 0 Å². The quantitative estimate of drug-likeness (QED) is 0.696. The molecule has 3 saturated heterocycles. The second kappa shape index (κ2) is 4.65. The fourth-order valence-electron chi connectivity index (χ4n) is 3.13. The minimum atomic E-state index is 0.316. The Morgan fingerprint density at radius 2 is 2.12 bits per heavy atom. The van der Waals surface area contributed by atoms with Gasteiger partial charge in [-0.3, -0.25) is 0 Å². The zero-order chi connectivity index (χ0) is 11.9. The molecule has 2 bridgehead atoms. The van der Waals surface area contributed by atoms with Crippen LogP contribution in [0.2, 0.25) is 5.54 Å². The highest BCUT2D eigenvalue weighted by atomic mass is 28.1. The third kappa shape index (κ3) is 2.20. The second-order valence-corrected chi connectivity index (χ2v) is 6.65. The van der Waals surface area contributed by atoms with Gasteiger partial charge in [0.1, 0.15) is 0 Å². The molecule has 4 atom stereocenters. The Hall–Kier alpha value is 0.0969. The van der Waals surface area contributed by atoms with Gasteiger partial charge in [-0.1, -0.05) is 6.92 Å². The first-order valence-corrected chi connectivity index (χ1v) is 7.32. The third-order valence-electron chi connectivity index (χ3n) is 4.65. The molecule has 0 aromatic heterocycles. The summed E-state index contributed by atoms with van der Waals surface area (Å²) in [4.78, 5) is 0. The molecule has 3 rings (SSSR count). The molecule has 3 aliphatic heterocycles. The van der Waals surface area contributed by atoms with E-state index < -0.39 is 0 Å². The average molecular weight is 253 g/mol. The number of rotatable bonds is 5. The van der Waals surface area contributed by atoms with Crippen LogP contribution in [-0.4, -0.2) is 48.9 Å². The molecule has 0 aromatic rings. The molecule has 0 N–H and O–H groups in total. The van der Waals surface area contributed by atoms with Gasteiger partial charge in [0, 0.05) is 21.6 Å². The Kier molecular flexibility index (Phi) is 3.32. The van der Waals surface area contributed by atoms with Crippen LogP contribution in [0.1, 0.15) is 26.2 Å². The molecule has 3 heterocycles. The van der Waals surface area contributed by atoms with Crippen LogP contribution in [0.4, 0.5) is 0 Å². The van der Waals surface area contributed by atoms with Crippen molar-refractivity contribution in [2.75, 3.05) is 26.4 Å². The Bertz CT molecular complexity index is 272. The van der Waals surface area contributed by atoms with E-state index in [1.165, 1.54) is 0 Å². The van der Waals surface area contributed by atoms with Crippen LogP contribution in [0.15, 0.2) is 0 Å². The highest BCUT2D eigenvalue weighted by Gasteiger charge is 2.45. The summed E-state index contributed by atoms with van der Waals surface area (Å²) in [6.45, 7) is 5.69. The summed E-state index contributed by atoms with van der Waals surface area (Å²) < 4.78 is 17.1. The SMILES string of the molecule is CCC1(COCC2CC3OC2CC3[Si])COC1. The topological polar surface area (TPSA) is 27.7 Å². The van der Waals surface area contributed by atoms with Crippen LogP contribution < -0.4 is 0 Å². The molecule has 17 heavy (non-hydrogen) atoms. The normalized spacial score (nSPS) is 42.7. The van der Waals surface area contributed by atoms with Gasteiger partial charge in [0.25, 0.3) is 0 Å². The van der Waals surface area contributed by atoms with Crippen LogP contribution in [0.3, 0.4) is 0 Å². The molecule has 3 aliphatic rings. The van der Waals surface area contributed by atoms with E-state index in [4.69, 9.17) is 14.2 Å². The summed E-state index contributed by atoms with van der Waals surface area (Å²) in [7, 11) is 3.72. The summed E-state index contributed by atoms with van der Waals surface area (Å²) in [5.41, 5.74) is 0.883. The van der Waals surface area contributed by atoms with Crippen molar-refractivity contribution in [3.05, 3.63) is 0 Å². The van der Waals surface area contributed by atoms with E-state index >= 15 is 0 Å². The van der Waals surface area contributed by atoms with Gasteiger partial charge in [0.05, 0.1) is 38.6 Å². The lowest BCUT2D eigenvalue weighted by Crippen LogP contribution is -2.46. The summed E-state index contributed by atoms with van der Waals surface area (Å²) in [6.07, 6.45) is 4.32. The molecule has 4 unspecified atom stereocenters. The first kappa shape index (κ1) is 12.1. The summed E-state index contributed by atoms with van der Waals surface area (Å²) >= 11 is 0. The largest absolute Gasteiger partial charge is 0.380 e. The fraction of sp³-hybridized carbons (Fsp3) is 1.00. The minimum Gasteiger partial charge on any atom is -0.380 e. The van der Waals surface area contributed by atoms with E-state index in [-0.39, 0.29) is 0 Å². The van der Waals surface area contributed by atoms with Crippen molar-refractivity contribution >= 4 is 10.2 Å². The van der Waals surface area contributed by atoms with Gasteiger partial charge in [-0.25, -0.2) is 0 Å². The van der Waals surface area contributed by atoms with E-state index in [2.05, 4.69) is 17.2 Å². The lowest BCUT2D eigenvalue weighted by molar-refractivity contribution is -0.153. The predicted molar refractivity (Wildman–Crippen MR) is 65.3 cm³/mol. The van der Waals surface area contributed by atoms with Crippen molar-refractivity contribution in [2.24, 2.45) is 11.3 Å². The Balaban J connectivity index is 1.41. The van der Waals surface area contributed by atoms with Gasteiger partial charge in [-0.05, 0) is 24.8 Å². The lowest BCUT2D eigenvalue weighted by atomic mass is 9.84. The molecule has 0 spiro atoms. The van der Waals surface area contributed by atoms with Crippen molar-refractivity contribution in [3.63, 3.8) is 0 Å². The first-order valence-electron chi connectivity index (χ1n) is 6.74. The molecular weight excluding hydrogens is 232 g/mol. The summed E-state index contributed by atoms with van der Waals surface area (Å²) in [6, 6.07) is 0. The molecule has 0 aromatic carbocycles. The molecule has 0 amide bonds. The van der Waals surface area contributed by atoms with Gasteiger partial charge in [0.2, 0.25) is 0 Å². The number of ether oxygens (including phenoxy) is 3. The first-order chi connectivity index (χ1) is 8.22. The van der Waals surface area contributed by atoms with E-state index in [1.54, 1.807) is 0 Å².